The highest BCUT2D eigenvalue weighted by Gasteiger charge is 2.29. The molecule has 0 aliphatic carbocycles. The lowest BCUT2D eigenvalue weighted by Gasteiger charge is -2.27. The van der Waals surface area contributed by atoms with Crippen LogP contribution in [-0.2, 0) is 18.4 Å². The molecule has 1 heterocycles. The highest BCUT2D eigenvalue weighted by molar-refractivity contribution is 5.98. The highest BCUT2D eigenvalue weighted by atomic mass is 19.1. The number of carbonyl (C=O) groups excluding carboxylic acids is 2. The predicted octanol–water partition coefficient (Wildman–Crippen LogP) is 2.11. The second-order valence-electron chi connectivity index (χ2n) is 6.44. The summed E-state index contributed by atoms with van der Waals surface area (Å²) in [5.41, 5.74) is -0.697. The number of amides is 2. The molecule has 0 aliphatic heterocycles. The van der Waals surface area contributed by atoms with Crippen LogP contribution in [0.4, 0.5) is 8.78 Å². The Morgan fingerprint density at radius 3 is 2.38 bits per heavy atom. The Bertz CT molecular complexity index is 784. The maximum absolute atomic E-state index is 13.8. The van der Waals surface area contributed by atoms with E-state index in [0.717, 1.165) is 12.1 Å². The Kier molecular flexibility index (Phi) is 6.07. The maximum Gasteiger partial charge on any atom is 0.257 e. The summed E-state index contributed by atoms with van der Waals surface area (Å²) in [4.78, 5) is 30.6. The molecule has 0 saturated heterocycles. The van der Waals surface area contributed by atoms with E-state index in [1.807, 2.05) is 7.05 Å². The number of aryl methyl sites for hydroxylation is 1. The number of imidazole rings is 1. The maximum atomic E-state index is 13.8. The van der Waals surface area contributed by atoms with Crippen molar-refractivity contribution in [3.05, 3.63) is 53.6 Å². The van der Waals surface area contributed by atoms with Crippen LogP contribution in [0.1, 0.15) is 30.0 Å². The zero-order valence-corrected chi connectivity index (χ0v) is 15.2. The third-order valence-corrected chi connectivity index (χ3v) is 4.08. The molecule has 140 valence electrons. The van der Waals surface area contributed by atoms with Gasteiger partial charge in [0.25, 0.3) is 5.91 Å². The van der Waals surface area contributed by atoms with Crippen LogP contribution in [-0.4, -0.2) is 39.4 Å². The molecule has 1 N–H and O–H groups in total. The number of hydrogen-bond acceptors (Lipinski definition) is 3. The van der Waals surface area contributed by atoms with Crippen molar-refractivity contribution in [2.24, 2.45) is 13.0 Å². The number of halogens is 2. The third-order valence-electron chi connectivity index (χ3n) is 4.08. The van der Waals surface area contributed by atoms with E-state index in [1.54, 1.807) is 37.9 Å². The monoisotopic (exact) mass is 364 g/mol. The Morgan fingerprint density at radius 1 is 1.27 bits per heavy atom. The first-order chi connectivity index (χ1) is 12.2. The average Bonchev–Trinajstić information content (AvgIpc) is 2.96. The molecule has 2 aromatic rings. The SMILES string of the molecule is CC(C)[C@H](NC(=O)c1c(F)cccc1F)C(=O)N(C)Cc1nccn1C. The quantitative estimate of drug-likeness (QED) is 0.854. The van der Waals surface area contributed by atoms with Gasteiger partial charge < -0.3 is 14.8 Å². The van der Waals surface area contributed by atoms with Crippen molar-refractivity contribution in [2.45, 2.75) is 26.4 Å². The minimum absolute atomic E-state index is 0.246. The second-order valence-corrected chi connectivity index (χ2v) is 6.44. The molecule has 26 heavy (non-hydrogen) atoms. The van der Waals surface area contributed by atoms with Gasteiger partial charge in [-0.1, -0.05) is 19.9 Å². The van der Waals surface area contributed by atoms with Crippen molar-refractivity contribution >= 4 is 11.8 Å². The van der Waals surface area contributed by atoms with Crippen LogP contribution in [0.25, 0.3) is 0 Å². The van der Waals surface area contributed by atoms with Crippen LogP contribution in [0.3, 0.4) is 0 Å². The molecule has 0 radical (unpaired) electrons. The molecule has 1 atom stereocenters. The van der Waals surface area contributed by atoms with Crippen LogP contribution in [0, 0.1) is 17.6 Å². The highest BCUT2D eigenvalue weighted by Crippen LogP contribution is 2.14. The average molecular weight is 364 g/mol. The second kappa shape index (κ2) is 8.07. The summed E-state index contributed by atoms with van der Waals surface area (Å²) in [6.45, 7) is 3.74. The minimum Gasteiger partial charge on any atom is -0.340 e. The van der Waals surface area contributed by atoms with E-state index >= 15 is 0 Å². The first kappa shape index (κ1) is 19.6. The molecule has 0 aliphatic rings. The summed E-state index contributed by atoms with van der Waals surface area (Å²) in [7, 11) is 3.39. The third kappa shape index (κ3) is 4.25. The van der Waals surface area contributed by atoms with Gasteiger partial charge >= 0.3 is 0 Å². The number of hydrogen-bond donors (Lipinski definition) is 1. The zero-order chi connectivity index (χ0) is 19.4. The van der Waals surface area contributed by atoms with Crippen LogP contribution in [0.2, 0.25) is 0 Å². The van der Waals surface area contributed by atoms with E-state index in [0.29, 0.717) is 5.82 Å². The lowest BCUT2D eigenvalue weighted by Crippen LogP contribution is -2.50. The van der Waals surface area contributed by atoms with Crippen LogP contribution in [0.5, 0.6) is 0 Å². The van der Waals surface area contributed by atoms with Gasteiger partial charge in [-0.05, 0) is 18.1 Å². The number of likely N-dealkylation sites (N-methyl/N-ethyl adjacent to an activating group) is 1. The summed E-state index contributed by atoms with van der Waals surface area (Å²) in [5, 5.41) is 2.45. The molecular formula is C18H22F2N4O2. The molecule has 0 fully saturated rings. The van der Waals surface area contributed by atoms with Gasteiger partial charge in [-0.2, -0.15) is 0 Å². The topological polar surface area (TPSA) is 67.2 Å². The van der Waals surface area contributed by atoms with Crippen molar-refractivity contribution < 1.29 is 18.4 Å². The molecule has 2 rings (SSSR count). The van der Waals surface area contributed by atoms with Gasteiger partial charge in [0.15, 0.2) is 0 Å². The van der Waals surface area contributed by atoms with Crippen molar-refractivity contribution in [1.82, 2.24) is 19.8 Å². The van der Waals surface area contributed by atoms with E-state index in [9.17, 15) is 18.4 Å². The molecule has 0 saturated carbocycles. The summed E-state index contributed by atoms with van der Waals surface area (Å²) >= 11 is 0. The largest absolute Gasteiger partial charge is 0.340 e. The van der Waals surface area contributed by atoms with Crippen molar-refractivity contribution in [3.8, 4) is 0 Å². The lowest BCUT2D eigenvalue weighted by atomic mass is 10.0. The van der Waals surface area contributed by atoms with Crippen molar-refractivity contribution in [3.63, 3.8) is 0 Å². The van der Waals surface area contributed by atoms with E-state index in [1.165, 1.54) is 11.0 Å². The van der Waals surface area contributed by atoms with Gasteiger partial charge in [-0.15, -0.1) is 0 Å². The summed E-state index contributed by atoms with van der Waals surface area (Å²) in [6, 6.07) is 2.24. The van der Waals surface area contributed by atoms with Gasteiger partial charge in [-0.25, -0.2) is 13.8 Å². The van der Waals surface area contributed by atoms with E-state index in [4.69, 9.17) is 0 Å². The smallest absolute Gasteiger partial charge is 0.257 e. The number of carbonyl (C=O) groups is 2. The Hall–Kier alpha value is -2.77. The van der Waals surface area contributed by atoms with Gasteiger partial charge in [-0.3, -0.25) is 9.59 Å². The molecule has 0 bridgehead atoms. The number of benzene rings is 1. The lowest BCUT2D eigenvalue weighted by molar-refractivity contribution is -0.133. The molecule has 1 aromatic carbocycles. The summed E-state index contributed by atoms with van der Waals surface area (Å²) in [6.07, 6.45) is 3.38. The fraction of sp³-hybridized carbons (Fsp3) is 0.389. The fourth-order valence-corrected chi connectivity index (χ4v) is 2.52. The zero-order valence-electron chi connectivity index (χ0n) is 15.2. The van der Waals surface area contributed by atoms with E-state index < -0.39 is 29.1 Å². The van der Waals surface area contributed by atoms with Crippen LogP contribution in [0.15, 0.2) is 30.6 Å². The van der Waals surface area contributed by atoms with Gasteiger partial charge in [0.2, 0.25) is 5.91 Å². The summed E-state index contributed by atoms with van der Waals surface area (Å²) in [5.74, 6) is -2.87. The molecule has 0 unspecified atom stereocenters. The summed E-state index contributed by atoms with van der Waals surface area (Å²) < 4.78 is 29.4. The molecular weight excluding hydrogens is 342 g/mol. The van der Waals surface area contributed by atoms with Crippen LogP contribution >= 0.6 is 0 Å². The fourth-order valence-electron chi connectivity index (χ4n) is 2.52. The minimum atomic E-state index is -0.973. The number of aromatic nitrogens is 2. The standard InChI is InChI=1S/C18H22F2N4O2/c1-11(2)16(18(26)24(4)10-14-21-8-9-23(14)3)22-17(25)15-12(19)6-5-7-13(15)20/h5-9,11,16H,10H2,1-4H3,(H,22,25)/t16-/m0/s1. The van der Waals surface area contributed by atoms with Gasteiger partial charge in [0.1, 0.15) is 29.1 Å². The van der Waals surface area contributed by atoms with Gasteiger partial charge in [0.05, 0.1) is 6.54 Å². The molecule has 6 nitrogen and oxygen atoms in total. The van der Waals surface area contributed by atoms with E-state index in [-0.39, 0.29) is 18.4 Å². The van der Waals surface area contributed by atoms with E-state index in [2.05, 4.69) is 10.3 Å². The normalized spacial score (nSPS) is 12.1. The molecule has 0 spiro atoms. The van der Waals surface area contributed by atoms with Crippen molar-refractivity contribution in [2.75, 3.05) is 7.05 Å². The number of nitrogens with zero attached hydrogens (tertiary/aromatic N) is 3. The van der Waals surface area contributed by atoms with Gasteiger partial charge in [0, 0.05) is 26.5 Å². The molecule has 2 amide bonds. The molecule has 1 aromatic heterocycles. The van der Waals surface area contributed by atoms with Crippen LogP contribution < -0.4 is 5.32 Å². The Morgan fingerprint density at radius 2 is 1.88 bits per heavy atom. The Balaban J connectivity index is 2.16. The number of nitrogens with one attached hydrogen (secondary N) is 1. The Labute approximate surface area is 150 Å². The number of rotatable bonds is 6. The van der Waals surface area contributed by atoms with Crippen molar-refractivity contribution in [1.29, 1.82) is 0 Å². The first-order valence-electron chi connectivity index (χ1n) is 8.18. The predicted molar refractivity (Wildman–Crippen MR) is 92.1 cm³/mol. The molecule has 8 heteroatoms. The first-order valence-corrected chi connectivity index (χ1v) is 8.18.